The van der Waals surface area contributed by atoms with Crippen LogP contribution in [-0.4, -0.2) is 36.4 Å². The Balaban J connectivity index is 1.43. The number of amides is 1. The van der Waals surface area contributed by atoms with Crippen molar-refractivity contribution in [1.82, 2.24) is 10.2 Å². The maximum absolute atomic E-state index is 12.0. The molecule has 0 saturated carbocycles. The molecule has 0 spiro atoms. The van der Waals surface area contributed by atoms with Crippen molar-refractivity contribution in [3.05, 3.63) is 72.3 Å². The quantitative estimate of drug-likeness (QED) is 0.595. The fourth-order valence-corrected chi connectivity index (χ4v) is 2.53. The van der Waals surface area contributed by atoms with E-state index in [1.54, 1.807) is 31.4 Å². The van der Waals surface area contributed by atoms with Gasteiger partial charge in [0.2, 0.25) is 0 Å². The van der Waals surface area contributed by atoms with E-state index in [2.05, 4.69) is 33.0 Å². The highest BCUT2D eigenvalue weighted by molar-refractivity contribution is 5.90. The average Bonchev–Trinajstić information content (AvgIpc) is 2.74. The van der Waals surface area contributed by atoms with Crippen LogP contribution in [-0.2, 0) is 11.2 Å². The molecule has 1 heterocycles. The van der Waals surface area contributed by atoms with E-state index in [9.17, 15) is 4.79 Å². The fraction of sp³-hybridized carbons (Fsp3) is 0.190. The van der Waals surface area contributed by atoms with E-state index in [-0.39, 0.29) is 12.5 Å². The van der Waals surface area contributed by atoms with Crippen molar-refractivity contribution in [2.24, 2.45) is 0 Å². The van der Waals surface area contributed by atoms with Crippen LogP contribution in [0.25, 0.3) is 0 Å². The van der Waals surface area contributed by atoms with Crippen molar-refractivity contribution >= 4 is 17.5 Å². The van der Waals surface area contributed by atoms with Crippen LogP contribution in [0.3, 0.4) is 0 Å². The van der Waals surface area contributed by atoms with Gasteiger partial charge in [0.1, 0.15) is 5.82 Å². The molecular formula is C21H22N4O3. The zero-order chi connectivity index (χ0) is 19.6. The molecule has 28 heavy (non-hydrogen) atoms. The zero-order valence-corrected chi connectivity index (χ0v) is 15.6. The van der Waals surface area contributed by atoms with E-state index in [4.69, 9.17) is 9.47 Å². The van der Waals surface area contributed by atoms with E-state index in [1.807, 2.05) is 30.3 Å². The topological polar surface area (TPSA) is 85.4 Å². The molecule has 7 nitrogen and oxygen atoms in total. The van der Waals surface area contributed by atoms with Crippen LogP contribution >= 0.6 is 0 Å². The monoisotopic (exact) mass is 378 g/mol. The van der Waals surface area contributed by atoms with Crippen LogP contribution in [0.4, 0.5) is 11.6 Å². The van der Waals surface area contributed by atoms with Crippen molar-refractivity contribution in [3.63, 3.8) is 0 Å². The van der Waals surface area contributed by atoms with Crippen LogP contribution in [0.5, 0.6) is 11.5 Å². The maximum atomic E-state index is 12.0. The van der Waals surface area contributed by atoms with Gasteiger partial charge in [-0.05, 0) is 36.2 Å². The van der Waals surface area contributed by atoms with Gasteiger partial charge in [-0.15, -0.1) is 10.2 Å². The number of anilines is 2. The Morgan fingerprint density at radius 3 is 2.29 bits per heavy atom. The molecule has 0 aliphatic carbocycles. The molecular weight excluding hydrogens is 356 g/mol. The number of para-hydroxylation sites is 2. The third kappa shape index (κ3) is 5.70. The molecule has 1 amide bonds. The molecule has 0 saturated heterocycles. The van der Waals surface area contributed by atoms with Crippen LogP contribution in [0.1, 0.15) is 5.56 Å². The van der Waals surface area contributed by atoms with Crippen molar-refractivity contribution in [2.45, 2.75) is 6.42 Å². The Morgan fingerprint density at radius 1 is 0.893 bits per heavy atom. The molecule has 0 aliphatic rings. The van der Waals surface area contributed by atoms with Crippen molar-refractivity contribution in [3.8, 4) is 11.5 Å². The Bertz CT molecular complexity index is 886. The lowest BCUT2D eigenvalue weighted by Crippen LogP contribution is -2.21. The number of benzene rings is 2. The number of carbonyl (C=O) groups is 1. The lowest BCUT2D eigenvalue weighted by atomic mass is 10.1. The number of ether oxygens (including phenoxy) is 2. The molecule has 0 bridgehead atoms. The predicted octanol–water partition coefficient (Wildman–Crippen LogP) is 3.16. The second-order valence-electron chi connectivity index (χ2n) is 5.95. The lowest BCUT2D eigenvalue weighted by Gasteiger charge is -2.10. The normalized spacial score (nSPS) is 10.2. The third-order valence-electron chi connectivity index (χ3n) is 3.92. The molecule has 0 fully saturated rings. The first-order valence-corrected chi connectivity index (χ1v) is 8.92. The summed E-state index contributed by atoms with van der Waals surface area (Å²) in [6, 6.07) is 20.8. The Morgan fingerprint density at radius 2 is 1.57 bits per heavy atom. The number of carbonyl (C=O) groups excluding carboxylic acids is 1. The Hall–Kier alpha value is -3.61. The molecule has 2 aromatic carbocycles. The molecule has 0 aliphatic heterocycles. The first kappa shape index (κ1) is 19.2. The predicted molar refractivity (Wildman–Crippen MR) is 108 cm³/mol. The number of hydrogen-bond acceptors (Lipinski definition) is 6. The molecule has 0 atom stereocenters. The summed E-state index contributed by atoms with van der Waals surface area (Å²) < 4.78 is 10.7. The van der Waals surface area contributed by atoms with Crippen LogP contribution in [0, 0.1) is 0 Å². The molecule has 0 unspecified atom stereocenters. The summed E-state index contributed by atoms with van der Waals surface area (Å²) in [7, 11) is 1.55. The van der Waals surface area contributed by atoms with E-state index in [1.165, 1.54) is 5.56 Å². The van der Waals surface area contributed by atoms with Gasteiger partial charge in [-0.3, -0.25) is 4.79 Å². The molecule has 7 heteroatoms. The number of nitrogens with zero attached hydrogens (tertiary/aromatic N) is 2. The summed E-state index contributed by atoms with van der Waals surface area (Å²) in [5, 5.41) is 13.9. The molecule has 0 radical (unpaired) electrons. The van der Waals surface area contributed by atoms with Crippen molar-refractivity contribution in [1.29, 1.82) is 0 Å². The largest absolute Gasteiger partial charge is 0.493 e. The maximum Gasteiger partial charge on any atom is 0.263 e. The smallest absolute Gasteiger partial charge is 0.263 e. The number of nitrogens with one attached hydrogen (secondary N) is 2. The summed E-state index contributed by atoms with van der Waals surface area (Å²) in [4.78, 5) is 12.0. The zero-order valence-electron chi connectivity index (χ0n) is 15.6. The SMILES string of the molecule is COc1ccccc1OCC(=O)Nc1ccc(NCCc2ccccc2)nn1. The van der Waals surface area contributed by atoms with Gasteiger partial charge in [-0.2, -0.15) is 0 Å². The molecule has 144 valence electrons. The average molecular weight is 378 g/mol. The number of methoxy groups -OCH3 is 1. The number of rotatable bonds is 9. The first-order chi connectivity index (χ1) is 13.7. The highest BCUT2D eigenvalue weighted by Crippen LogP contribution is 2.25. The number of hydrogen-bond donors (Lipinski definition) is 2. The molecule has 1 aromatic heterocycles. The lowest BCUT2D eigenvalue weighted by molar-refractivity contribution is -0.118. The van der Waals surface area contributed by atoms with E-state index in [0.29, 0.717) is 23.1 Å². The summed E-state index contributed by atoms with van der Waals surface area (Å²) in [5.74, 6) is 1.76. The van der Waals surface area contributed by atoms with Gasteiger partial charge in [0, 0.05) is 6.54 Å². The molecule has 2 N–H and O–H groups in total. The third-order valence-corrected chi connectivity index (χ3v) is 3.92. The fourth-order valence-electron chi connectivity index (χ4n) is 2.53. The van der Waals surface area contributed by atoms with E-state index in [0.717, 1.165) is 13.0 Å². The van der Waals surface area contributed by atoms with Gasteiger partial charge in [0.05, 0.1) is 7.11 Å². The summed E-state index contributed by atoms with van der Waals surface area (Å²) in [6.45, 7) is 0.594. The summed E-state index contributed by atoms with van der Waals surface area (Å²) in [5.41, 5.74) is 1.25. The van der Waals surface area contributed by atoms with E-state index >= 15 is 0 Å². The van der Waals surface area contributed by atoms with Crippen LogP contribution < -0.4 is 20.1 Å². The van der Waals surface area contributed by atoms with E-state index < -0.39 is 0 Å². The van der Waals surface area contributed by atoms with Gasteiger partial charge >= 0.3 is 0 Å². The van der Waals surface area contributed by atoms with Crippen molar-refractivity contribution in [2.75, 3.05) is 30.9 Å². The number of aromatic nitrogens is 2. The first-order valence-electron chi connectivity index (χ1n) is 8.92. The second kappa shape index (κ2) is 9.91. The van der Waals surface area contributed by atoms with Crippen LogP contribution in [0.2, 0.25) is 0 Å². The van der Waals surface area contributed by atoms with Gasteiger partial charge < -0.3 is 20.1 Å². The second-order valence-corrected chi connectivity index (χ2v) is 5.95. The van der Waals surface area contributed by atoms with Gasteiger partial charge in [-0.1, -0.05) is 42.5 Å². The minimum atomic E-state index is -0.329. The molecule has 3 aromatic rings. The minimum Gasteiger partial charge on any atom is -0.493 e. The van der Waals surface area contributed by atoms with Gasteiger partial charge in [0.25, 0.3) is 5.91 Å². The standard InChI is InChI=1S/C21H22N4O3/c1-27-17-9-5-6-10-18(17)28-15-21(26)23-20-12-11-19(24-25-20)22-14-13-16-7-3-2-4-8-16/h2-12H,13-15H2,1H3,(H,22,24)(H,23,25,26). The van der Waals surface area contributed by atoms with Crippen molar-refractivity contribution < 1.29 is 14.3 Å². The summed E-state index contributed by atoms with van der Waals surface area (Å²) in [6.07, 6.45) is 0.890. The Labute approximate surface area is 163 Å². The highest BCUT2D eigenvalue weighted by Gasteiger charge is 2.08. The van der Waals surface area contributed by atoms with Gasteiger partial charge in [-0.25, -0.2) is 0 Å². The van der Waals surface area contributed by atoms with Gasteiger partial charge in [0.15, 0.2) is 23.9 Å². The van der Waals surface area contributed by atoms with Crippen LogP contribution in [0.15, 0.2) is 66.7 Å². The Kier molecular flexibility index (Phi) is 6.78. The minimum absolute atomic E-state index is 0.154. The molecule has 3 rings (SSSR count). The summed E-state index contributed by atoms with van der Waals surface area (Å²) >= 11 is 0. The highest BCUT2D eigenvalue weighted by atomic mass is 16.5.